The number of carboxylic acid groups (broad SMARTS) is 1. The fraction of sp³-hybridized carbons (Fsp3) is 0.700. The SMILES string of the molecule is CC#CCC(F)(CCCC)C(=O)O. The van der Waals surface area contributed by atoms with Crippen LogP contribution in [-0.2, 0) is 4.79 Å². The predicted molar refractivity (Wildman–Crippen MR) is 49.1 cm³/mol. The molecule has 0 saturated carbocycles. The largest absolute Gasteiger partial charge is 0.479 e. The van der Waals surface area contributed by atoms with E-state index in [1.807, 2.05) is 6.92 Å². The number of rotatable bonds is 5. The fourth-order valence-corrected chi connectivity index (χ4v) is 0.956. The van der Waals surface area contributed by atoms with Gasteiger partial charge in [0.2, 0.25) is 5.67 Å². The molecule has 0 heterocycles. The summed E-state index contributed by atoms with van der Waals surface area (Å²) in [7, 11) is 0. The highest BCUT2D eigenvalue weighted by Crippen LogP contribution is 2.23. The van der Waals surface area contributed by atoms with Crippen molar-refractivity contribution in [2.45, 2.75) is 45.2 Å². The van der Waals surface area contributed by atoms with Crippen molar-refractivity contribution in [2.75, 3.05) is 0 Å². The van der Waals surface area contributed by atoms with Crippen LogP contribution in [0.5, 0.6) is 0 Å². The maximum Gasteiger partial charge on any atom is 0.342 e. The van der Waals surface area contributed by atoms with Gasteiger partial charge in [-0.05, 0) is 19.8 Å². The number of carboxylic acids is 1. The highest BCUT2D eigenvalue weighted by atomic mass is 19.1. The minimum Gasteiger partial charge on any atom is -0.479 e. The van der Waals surface area contributed by atoms with Crippen molar-refractivity contribution in [3.05, 3.63) is 0 Å². The van der Waals surface area contributed by atoms with Crippen LogP contribution in [0.3, 0.4) is 0 Å². The van der Waals surface area contributed by atoms with Gasteiger partial charge in [0, 0.05) is 0 Å². The van der Waals surface area contributed by atoms with Gasteiger partial charge in [-0.15, -0.1) is 5.92 Å². The monoisotopic (exact) mass is 186 g/mol. The van der Waals surface area contributed by atoms with Gasteiger partial charge in [-0.25, -0.2) is 9.18 Å². The molecule has 0 spiro atoms. The second-order valence-electron chi connectivity index (χ2n) is 2.98. The Balaban J connectivity index is 4.30. The minimum atomic E-state index is -2.15. The standard InChI is InChI=1S/C10H15FO2/c1-3-5-7-10(11,9(12)13)8-6-4-2/h3,5,7-8H2,1-2H3,(H,12,13). The molecule has 0 aromatic carbocycles. The van der Waals surface area contributed by atoms with E-state index in [1.165, 1.54) is 0 Å². The molecular weight excluding hydrogens is 171 g/mol. The molecule has 0 radical (unpaired) electrons. The zero-order valence-electron chi connectivity index (χ0n) is 8.06. The first-order chi connectivity index (χ1) is 6.06. The lowest BCUT2D eigenvalue weighted by atomic mass is 9.95. The molecule has 0 saturated heterocycles. The Hall–Kier alpha value is -1.04. The third kappa shape index (κ3) is 3.93. The molecule has 0 amide bonds. The summed E-state index contributed by atoms with van der Waals surface area (Å²) in [6.45, 7) is 3.47. The second-order valence-corrected chi connectivity index (χ2v) is 2.98. The van der Waals surface area contributed by atoms with Gasteiger partial charge < -0.3 is 5.11 Å². The number of halogens is 1. The van der Waals surface area contributed by atoms with E-state index in [2.05, 4.69) is 11.8 Å². The Morgan fingerprint density at radius 1 is 1.62 bits per heavy atom. The lowest BCUT2D eigenvalue weighted by Crippen LogP contribution is -2.33. The number of hydrogen-bond acceptors (Lipinski definition) is 1. The van der Waals surface area contributed by atoms with Crippen LogP contribution in [-0.4, -0.2) is 16.7 Å². The molecular formula is C10H15FO2. The van der Waals surface area contributed by atoms with Crippen molar-refractivity contribution in [3.8, 4) is 11.8 Å². The molecule has 0 aliphatic rings. The molecule has 0 fully saturated rings. The number of carbonyl (C=O) groups is 1. The summed E-state index contributed by atoms with van der Waals surface area (Å²) in [6, 6.07) is 0. The molecule has 0 aliphatic carbocycles. The van der Waals surface area contributed by atoms with E-state index in [9.17, 15) is 9.18 Å². The third-order valence-electron chi connectivity index (χ3n) is 1.86. The van der Waals surface area contributed by atoms with Gasteiger partial charge in [0.05, 0.1) is 6.42 Å². The van der Waals surface area contributed by atoms with Crippen molar-refractivity contribution in [1.82, 2.24) is 0 Å². The smallest absolute Gasteiger partial charge is 0.342 e. The molecule has 0 bridgehead atoms. The lowest BCUT2D eigenvalue weighted by molar-refractivity contribution is -0.151. The summed E-state index contributed by atoms with van der Waals surface area (Å²) in [5.41, 5.74) is -2.15. The van der Waals surface area contributed by atoms with Gasteiger partial charge in [0.1, 0.15) is 0 Å². The maximum absolute atomic E-state index is 13.6. The van der Waals surface area contributed by atoms with Gasteiger partial charge >= 0.3 is 5.97 Å². The molecule has 1 atom stereocenters. The average Bonchev–Trinajstić information content (AvgIpc) is 2.11. The molecule has 74 valence electrons. The number of alkyl halides is 1. The van der Waals surface area contributed by atoms with Crippen molar-refractivity contribution < 1.29 is 14.3 Å². The number of unbranched alkanes of at least 4 members (excludes halogenated alkanes) is 1. The van der Waals surface area contributed by atoms with Crippen LogP contribution in [0.25, 0.3) is 0 Å². The summed E-state index contributed by atoms with van der Waals surface area (Å²) in [4.78, 5) is 10.6. The van der Waals surface area contributed by atoms with E-state index in [0.717, 1.165) is 6.42 Å². The third-order valence-corrected chi connectivity index (χ3v) is 1.86. The first kappa shape index (κ1) is 12.0. The Labute approximate surface area is 78.1 Å². The van der Waals surface area contributed by atoms with E-state index in [1.54, 1.807) is 6.92 Å². The van der Waals surface area contributed by atoms with Crippen LogP contribution in [0, 0.1) is 11.8 Å². The van der Waals surface area contributed by atoms with E-state index in [0.29, 0.717) is 6.42 Å². The molecule has 1 unspecified atom stereocenters. The van der Waals surface area contributed by atoms with Crippen molar-refractivity contribution in [1.29, 1.82) is 0 Å². The Morgan fingerprint density at radius 2 is 2.23 bits per heavy atom. The van der Waals surface area contributed by atoms with Crippen LogP contribution in [0.1, 0.15) is 39.5 Å². The normalized spacial score (nSPS) is 14.1. The molecule has 0 aliphatic heterocycles. The molecule has 13 heavy (non-hydrogen) atoms. The summed E-state index contributed by atoms with van der Waals surface area (Å²) in [5.74, 6) is 3.58. The Morgan fingerprint density at radius 3 is 2.62 bits per heavy atom. The quantitative estimate of drug-likeness (QED) is 0.669. The van der Waals surface area contributed by atoms with E-state index in [-0.39, 0.29) is 12.8 Å². The Bertz CT molecular complexity index is 227. The summed E-state index contributed by atoms with van der Waals surface area (Å²) in [5, 5.41) is 8.64. The Kier molecular flexibility index (Phi) is 5.13. The minimum absolute atomic E-state index is 0.0491. The van der Waals surface area contributed by atoms with Gasteiger partial charge in [-0.3, -0.25) is 0 Å². The van der Waals surface area contributed by atoms with Crippen molar-refractivity contribution in [2.24, 2.45) is 0 Å². The highest BCUT2D eigenvalue weighted by molar-refractivity contribution is 5.77. The number of hydrogen-bond donors (Lipinski definition) is 1. The van der Waals surface area contributed by atoms with Crippen LogP contribution < -0.4 is 0 Å². The lowest BCUT2D eigenvalue weighted by Gasteiger charge is -2.17. The van der Waals surface area contributed by atoms with Crippen LogP contribution in [0.15, 0.2) is 0 Å². The van der Waals surface area contributed by atoms with E-state index >= 15 is 0 Å². The maximum atomic E-state index is 13.6. The van der Waals surface area contributed by atoms with E-state index < -0.39 is 11.6 Å². The summed E-state index contributed by atoms with van der Waals surface area (Å²) in [6.07, 6.45) is 1.21. The predicted octanol–water partition coefficient (Wildman–Crippen LogP) is 2.38. The first-order valence-corrected chi connectivity index (χ1v) is 4.38. The average molecular weight is 186 g/mol. The topological polar surface area (TPSA) is 37.3 Å². The highest BCUT2D eigenvalue weighted by Gasteiger charge is 2.36. The zero-order valence-corrected chi connectivity index (χ0v) is 8.06. The summed E-state index contributed by atoms with van der Waals surface area (Å²) >= 11 is 0. The number of aliphatic carboxylic acids is 1. The van der Waals surface area contributed by atoms with Gasteiger partial charge in [0.15, 0.2) is 0 Å². The molecule has 1 N–H and O–H groups in total. The van der Waals surface area contributed by atoms with Crippen molar-refractivity contribution >= 4 is 5.97 Å². The molecule has 0 aromatic heterocycles. The van der Waals surface area contributed by atoms with Crippen LogP contribution in [0.2, 0.25) is 0 Å². The fourth-order valence-electron chi connectivity index (χ4n) is 0.956. The molecule has 2 nitrogen and oxygen atoms in total. The van der Waals surface area contributed by atoms with Crippen LogP contribution in [0.4, 0.5) is 4.39 Å². The van der Waals surface area contributed by atoms with E-state index in [4.69, 9.17) is 5.11 Å². The van der Waals surface area contributed by atoms with Gasteiger partial charge in [0.25, 0.3) is 0 Å². The second kappa shape index (κ2) is 5.58. The zero-order chi connectivity index (χ0) is 10.3. The molecule has 0 aromatic rings. The van der Waals surface area contributed by atoms with Crippen molar-refractivity contribution in [3.63, 3.8) is 0 Å². The van der Waals surface area contributed by atoms with Crippen LogP contribution >= 0.6 is 0 Å². The van der Waals surface area contributed by atoms with Gasteiger partial charge in [-0.1, -0.05) is 19.3 Å². The molecule has 3 heteroatoms. The van der Waals surface area contributed by atoms with Gasteiger partial charge in [-0.2, -0.15) is 0 Å². The first-order valence-electron chi connectivity index (χ1n) is 4.38. The summed E-state index contributed by atoms with van der Waals surface area (Å²) < 4.78 is 13.6. The molecule has 0 rings (SSSR count).